The van der Waals surface area contributed by atoms with E-state index >= 15 is 0 Å². The van der Waals surface area contributed by atoms with Crippen LogP contribution in [-0.2, 0) is 0 Å². The van der Waals surface area contributed by atoms with Gasteiger partial charge in [0.1, 0.15) is 0 Å². The van der Waals surface area contributed by atoms with Crippen LogP contribution in [0, 0.1) is 12.8 Å². The highest BCUT2D eigenvalue weighted by Crippen LogP contribution is 2.30. The number of amides is 1. The number of hydrogen-bond acceptors (Lipinski definition) is 2. The van der Waals surface area contributed by atoms with Crippen LogP contribution in [0.25, 0.3) is 0 Å². The highest BCUT2D eigenvalue weighted by molar-refractivity contribution is 7.80. The lowest BCUT2D eigenvalue weighted by atomic mass is 9.84. The second-order valence-corrected chi connectivity index (χ2v) is 6.51. The Bertz CT molecular complexity index is 478. The number of rotatable bonds is 3. The summed E-state index contributed by atoms with van der Waals surface area (Å²) in [4.78, 5) is 15.5. The first-order valence-corrected chi connectivity index (χ1v) is 8.04. The van der Waals surface area contributed by atoms with Crippen LogP contribution in [0.1, 0.15) is 54.9 Å². The van der Waals surface area contributed by atoms with Gasteiger partial charge in [-0.3, -0.25) is 4.79 Å². The first-order chi connectivity index (χ1) is 9.52. The van der Waals surface area contributed by atoms with E-state index in [4.69, 9.17) is 0 Å². The molecule has 110 valence electrons. The van der Waals surface area contributed by atoms with Gasteiger partial charge in [0.15, 0.2) is 0 Å². The summed E-state index contributed by atoms with van der Waals surface area (Å²) in [6, 6.07) is 6.18. The van der Waals surface area contributed by atoms with Gasteiger partial charge < -0.3 is 4.90 Å². The molecule has 1 saturated carbocycles. The Morgan fingerprint density at radius 2 is 1.95 bits per heavy atom. The first-order valence-electron chi connectivity index (χ1n) is 7.59. The Labute approximate surface area is 128 Å². The highest BCUT2D eigenvalue weighted by atomic mass is 32.1. The topological polar surface area (TPSA) is 20.3 Å². The average molecular weight is 291 g/mol. The molecule has 0 bridgehead atoms. The van der Waals surface area contributed by atoms with Gasteiger partial charge in [-0.15, -0.1) is 12.6 Å². The fourth-order valence-electron chi connectivity index (χ4n) is 3.14. The number of benzene rings is 1. The van der Waals surface area contributed by atoms with Gasteiger partial charge in [-0.1, -0.05) is 19.4 Å². The number of aryl methyl sites for hydroxylation is 1. The minimum atomic E-state index is 0.137. The van der Waals surface area contributed by atoms with Crippen molar-refractivity contribution in [2.45, 2.75) is 56.9 Å². The smallest absolute Gasteiger partial charge is 0.254 e. The maximum absolute atomic E-state index is 12.7. The highest BCUT2D eigenvalue weighted by Gasteiger charge is 2.26. The van der Waals surface area contributed by atoms with E-state index in [0.717, 1.165) is 34.8 Å². The van der Waals surface area contributed by atoms with Crippen LogP contribution in [0.3, 0.4) is 0 Å². The molecule has 0 aliphatic heterocycles. The molecular weight excluding hydrogens is 266 g/mol. The fourth-order valence-corrected chi connectivity index (χ4v) is 3.34. The van der Waals surface area contributed by atoms with E-state index in [9.17, 15) is 4.79 Å². The summed E-state index contributed by atoms with van der Waals surface area (Å²) < 4.78 is 0. The van der Waals surface area contributed by atoms with E-state index in [2.05, 4.69) is 19.6 Å². The van der Waals surface area contributed by atoms with Gasteiger partial charge in [-0.25, -0.2) is 0 Å². The molecule has 1 aromatic carbocycles. The van der Waals surface area contributed by atoms with Crippen molar-refractivity contribution in [3.8, 4) is 0 Å². The molecule has 0 saturated heterocycles. The predicted octanol–water partition coefficient (Wildman–Crippen LogP) is 4.32. The maximum Gasteiger partial charge on any atom is 0.254 e. The van der Waals surface area contributed by atoms with Crippen LogP contribution in [0.4, 0.5) is 0 Å². The standard InChI is InChI=1S/C17H25NOS/c1-4-13-6-8-14(9-7-13)18(3)17(19)16-11-15(20)10-5-12(16)2/h5,10-11,13-14,20H,4,6-9H2,1-3H3. The summed E-state index contributed by atoms with van der Waals surface area (Å²) in [5.41, 5.74) is 1.82. The Balaban J connectivity index is 2.07. The molecule has 1 aliphatic carbocycles. The second kappa shape index (κ2) is 6.66. The molecule has 0 aromatic heterocycles. The van der Waals surface area contributed by atoms with Crippen molar-refractivity contribution in [2.24, 2.45) is 5.92 Å². The van der Waals surface area contributed by atoms with Crippen molar-refractivity contribution < 1.29 is 4.79 Å². The zero-order valence-electron chi connectivity index (χ0n) is 12.7. The molecule has 0 atom stereocenters. The van der Waals surface area contributed by atoms with E-state index in [-0.39, 0.29) is 5.91 Å². The average Bonchev–Trinajstić information content (AvgIpc) is 2.48. The van der Waals surface area contributed by atoms with Crippen molar-refractivity contribution in [3.05, 3.63) is 29.3 Å². The third-order valence-corrected chi connectivity index (χ3v) is 4.99. The summed E-state index contributed by atoms with van der Waals surface area (Å²) in [7, 11) is 1.95. The van der Waals surface area contributed by atoms with Crippen molar-refractivity contribution in [1.82, 2.24) is 4.90 Å². The molecule has 3 heteroatoms. The molecule has 1 fully saturated rings. The largest absolute Gasteiger partial charge is 0.339 e. The number of carbonyl (C=O) groups is 1. The molecule has 1 aromatic rings. The Kier molecular flexibility index (Phi) is 5.14. The van der Waals surface area contributed by atoms with Crippen molar-refractivity contribution >= 4 is 18.5 Å². The molecule has 1 amide bonds. The summed E-state index contributed by atoms with van der Waals surface area (Å²) >= 11 is 4.35. The van der Waals surface area contributed by atoms with Crippen molar-refractivity contribution in [2.75, 3.05) is 7.05 Å². The zero-order chi connectivity index (χ0) is 14.7. The van der Waals surface area contributed by atoms with Gasteiger partial charge in [0.05, 0.1) is 0 Å². The first kappa shape index (κ1) is 15.4. The third-order valence-electron chi connectivity index (χ3n) is 4.71. The van der Waals surface area contributed by atoms with Gasteiger partial charge >= 0.3 is 0 Å². The monoisotopic (exact) mass is 291 g/mol. The molecular formula is C17H25NOS. The predicted molar refractivity (Wildman–Crippen MR) is 86.6 cm³/mol. The lowest BCUT2D eigenvalue weighted by Gasteiger charge is -2.34. The SMILES string of the molecule is CCC1CCC(N(C)C(=O)c2cc(S)ccc2C)CC1. The molecule has 0 radical (unpaired) electrons. The van der Waals surface area contributed by atoms with E-state index < -0.39 is 0 Å². The molecule has 20 heavy (non-hydrogen) atoms. The van der Waals surface area contributed by atoms with Crippen molar-refractivity contribution in [3.63, 3.8) is 0 Å². The van der Waals surface area contributed by atoms with Gasteiger partial charge in [-0.2, -0.15) is 0 Å². The van der Waals surface area contributed by atoms with E-state index in [1.54, 1.807) is 0 Å². The van der Waals surface area contributed by atoms with Crippen LogP contribution in [-0.4, -0.2) is 23.9 Å². The van der Waals surface area contributed by atoms with Crippen LogP contribution in [0.5, 0.6) is 0 Å². The quantitative estimate of drug-likeness (QED) is 0.822. The van der Waals surface area contributed by atoms with Crippen LogP contribution in [0.15, 0.2) is 23.1 Å². The zero-order valence-corrected chi connectivity index (χ0v) is 13.6. The fraction of sp³-hybridized carbons (Fsp3) is 0.588. The minimum absolute atomic E-state index is 0.137. The number of carbonyl (C=O) groups excluding carboxylic acids is 1. The minimum Gasteiger partial charge on any atom is -0.339 e. The Morgan fingerprint density at radius 1 is 1.30 bits per heavy atom. The molecule has 1 aliphatic rings. The second-order valence-electron chi connectivity index (χ2n) is 6.00. The molecule has 0 spiro atoms. The molecule has 2 rings (SSSR count). The van der Waals surface area contributed by atoms with E-state index in [0.29, 0.717) is 6.04 Å². The normalized spacial score (nSPS) is 22.6. The van der Waals surface area contributed by atoms with Gasteiger partial charge in [0, 0.05) is 23.5 Å². The molecule has 2 nitrogen and oxygen atoms in total. The van der Waals surface area contributed by atoms with Gasteiger partial charge in [0.25, 0.3) is 5.91 Å². The number of thiol groups is 1. The van der Waals surface area contributed by atoms with Gasteiger partial charge in [0.2, 0.25) is 0 Å². The summed E-state index contributed by atoms with van der Waals surface area (Å²) in [5, 5.41) is 0. The third kappa shape index (κ3) is 3.38. The van der Waals surface area contributed by atoms with Crippen LogP contribution in [0.2, 0.25) is 0 Å². The number of hydrogen-bond donors (Lipinski definition) is 1. The summed E-state index contributed by atoms with van der Waals surface area (Å²) in [6.45, 7) is 4.25. The van der Waals surface area contributed by atoms with Gasteiger partial charge in [-0.05, 0) is 56.2 Å². The molecule has 0 N–H and O–H groups in total. The molecule has 0 heterocycles. The Morgan fingerprint density at radius 3 is 2.55 bits per heavy atom. The van der Waals surface area contributed by atoms with E-state index in [1.807, 2.05) is 37.1 Å². The number of nitrogens with zero attached hydrogens (tertiary/aromatic N) is 1. The lowest BCUT2D eigenvalue weighted by molar-refractivity contribution is 0.0673. The lowest BCUT2D eigenvalue weighted by Crippen LogP contribution is -2.39. The molecule has 0 unspecified atom stereocenters. The maximum atomic E-state index is 12.7. The van der Waals surface area contributed by atoms with Crippen molar-refractivity contribution in [1.29, 1.82) is 0 Å². The van der Waals surface area contributed by atoms with Crippen LogP contribution >= 0.6 is 12.6 Å². The van der Waals surface area contributed by atoms with Crippen LogP contribution < -0.4 is 0 Å². The van der Waals surface area contributed by atoms with E-state index in [1.165, 1.54) is 19.3 Å². The summed E-state index contributed by atoms with van der Waals surface area (Å²) in [5.74, 6) is 0.996. The Hall–Kier alpha value is -0.960. The summed E-state index contributed by atoms with van der Waals surface area (Å²) in [6.07, 6.45) is 6.06.